The number of benzene rings is 1. The molecule has 1 heterocycles. The van der Waals surface area contributed by atoms with Gasteiger partial charge in [-0.05, 0) is 35.2 Å². The second-order valence-corrected chi connectivity index (χ2v) is 5.28. The summed E-state index contributed by atoms with van der Waals surface area (Å²) in [5.41, 5.74) is 7.01. The SMILES string of the molecule is Nc1cccc(/C=C/C(=O)NC(C(=O)O)c2cccs2)c1. The van der Waals surface area contributed by atoms with Crippen molar-refractivity contribution in [3.8, 4) is 0 Å². The summed E-state index contributed by atoms with van der Waals surface area (Å²) in [6.07, 6.45) is 2.87. The lowest BCUT2D eigenvalue weighted by molar-refractivity contribution is -0.141. The summed E-state index contributed by atoms with van der Waals surface area (Å²) in [5.74, 6) is -1.57. The Morgan fingerprint density at radius 2 is 2.10 bits per heavy atom. The maximum atomic E-state index is 11.8. The van der Waals surface area contributed by atoms with E-state index in [0.717, 1.165) is 5.56 Å². The van der Waals surface area contributed by atoms with Crippen molar-refractivity contribution in [3.05, 3.63) is 58.3 Å². The summed E-state index contributed by atoms with van der Waals surface area (Å²) in [4.78, 5) is 23.6. The molecule has 21 heavy (non-hydrogen) atoms. The first kappa shape index (κ1) is 14.8. The number of anilines is 1. The van der Waals surface area contributed by atoms with Crippen molar-refractivity contribution in [2.24, 2.45) is 0 Å². The van der Waals surface area contributed by atoms with Crippen molar-refractivity contribution in [2.45, 2.75) is 6.04 Å². The Bertz CT molecular complexity index is 665. The Morgan fingerprint density at radius 3 is 2.71 bits per heavy atom. The van der Waals surface area contributed by atoms with E-state index >= 15 is 0 Å². The summed E-state index contributed by atoms with van der Waals surface area (Å²) in [5, 5.41) is 13.4. The number of thiophene rings is 1. The van der Waals surface area contributed by atoms with E-state index in [1.165, 1.54) is 17.4 Å². The van der Waals surface area contributed by atoms with Gasteiger partial charge in [0.1, 0.15) is 0 Å². The van der Waals surface area contributed by atoms with E-state index in [-0.39, 0.29) is 0 Å². The molecule has 1 aromatic heterocycles. The first-order valence-corrected chi connectivity index (χ1v) is 7.04. The third-order valence-electron chi connectivity index (χ3n) is 2.70. The Labute approximate surface area is 125 Å². The van der Waals surface area contributed by atoms with Crippen LogP contribution in [0.15, 0.2) is 47.9 Å². The molecule has 0 spiro atoms. The van der Waals surface area contributed by atoms with Gasteiger partial charge < -0.3 is 16.2 Å². The standard InChI is InChI=1S/C15H14N2O3S/c16-11-4-1-3-10(9-11)6-7-13(18)17-14(15(19)20)12-5-2-8-21-12/h1-9,14H,16H2,(H,17,18)(H,19,20)/b7-6+. The van der Waals surface area contributed by atoms with E-state index in [1.807, 2.05) is 0 Å². The van der Waals surface area contributed by atoms with Crippen LogP contribution in [0.1, 0.15) is 16.5 Å². The molecular formula is C15H14N2O3S. The van der Waals surface area contributed by atoms with Gasteiger partial charge in [0.25, 0.3) is 0 Å². The first-order valence-electron chi connectivity index (χ1n) is 6.16. The van der Waals surface area contributed by atoms with Crippen LogP contribution >= 0.6 is 11.3 Å². The average Bonchev–Trinajstić information content (AvgIpc) is 2.96. The summed E-state index contributed by atoms with van der Waals surface area (Å²) in [6.45, 7) is 0. The van der Waals surface area contributed by atoms with E-state index in [9.17, 15) is 9.59 Å². The Hall–Kier alpha value is -2.60. The van der Waals surface area contributed by atoms with E-state index in [4.69, 9.17) is 10.8 Å². The predicted molar refractivity (Wildman–Crippen MR) is 82.7 cm³/mol. The minimum atomic E-state index is -1.09. The molecule has 0 saturated carbocycles. The molecule has 1 unspecified atom stereocenters. The Kier molecular flexibility index (Phi) is 4.73. The van der Waals surface area contributed by atoms with Crippen LogP contribution < -0.4 is 11.1 Å². The van der Waals surface area contributed by atoms with Gasteiger partial charge >= 0.3 is 5.97 Å². The van der Waals surface area contributed by atoms with Crippen LogP contribution in [-0.2, 0) is 9.59 Å². The monoisotopic (exact) mass is 302 g/mol. The highest BCUT2D eigenvalue weighted by atomic mass is 32.1. The maximum Gasteiger partial charge on any atom is 0.331 e. The summed E-state index contributed by atoms with van der Waals surface area (Å²) in [7, 11) is 0. The summed E-state index contributed by atoms with van der Waals surface area (Å²) >= 11 is 1.28. The van der Waals surface area contributed by atoms with Gasteiger partial charge in [-0.3, -0.25) is 4.79 Å². The van der Waals surface area contributed by atoms with E-state index < -0.39 is 17.9 Å². The van der Waals surface area contributed by atoms with Gasteiger partial charge in [-0.25, -0.2) is 4.79 Å². The van der Waals surface area contributed by atoms with Crippen molar-refractivity contribution in [1.29, 1.82) is 0 Å². The molecule has 0 fully saturated rings. The minimum Gasteiger partial charge on any atom is -0.479 e. The van der Waals surface area contributed by atoms with Gasteiger partial charge in [0, 0.05) is 16.6 Å². The van der Waals surface area contributed by atoms with Gasteiger partial charge in [-0.1, -0.05) is 18.2 Å². The fraction of sp³-hybridized carbons (Fsp3) is 0.0667. The lowest BCUT2D eigenvalue weighted by atomic mass is 10.2. The first-order chi connectivity index (χ1) is 10.1. The molecule has 1 atom stereocenters. The quantitative estimate of drug-likeness (QED) is 0.583. The molecule has 2 aromatic rings. The number of carboxylic acids is 1. The Balaban J connectivity index is 2.05. The van der Waals surface area contributed by atoms with Gasteiger partial charge in [-0.2, -0.15) is 0 Å². The molecule has 2 rings (SSSR count). The van der Waals surface area contributed by atoms with Gasteiger partial charge in [0.2, 0.25) is 5.91 Å². The lowest BCUT2D eigenvalue weighted by Crippen LogP contribution is -2.31. The lowest BCUT2D eigenvalue weighted by Gasteiger charge is -2.11. The number of hydrogen-bond acceptors (Lipinski definition) is 4. The van der Waals surface area contributed by atoms with E-state index in [0.29, 0.717) is 10.6 Å². The molecule has 1 amide bonds. The zero-order valence-electron chi connectivity index (χ0n) is 11.0. The van der Waals surface area contributed by atoms with Crippen LogP contribution in [0.4, 0.5) is 5.69 Å². The van der Waals surface area contributed by atoms with Crippen LogP contribution in [0.5, 0.6) is 0 Å². The van der Waals surface area contributed by atoms with Crippen molar-refractivity contribution >= 4 is 35.0 Å². The van der Waals surface area contributed by atoms with Crippen LogP contribution in [0.3, 0.4) is 0 Å². The number of carboxylic acid groups (broad SMARTS) is 1. The summed E-state index contributed by atoms with van der Waals surface area (Å²) < 4.78 is 0. The van der Waals surface area contributed by atoms with Crippen molar-refractivity contribution in [1.82, 2.24) is 5.32 Å². The number of carbonyl (C=O) groups is 2. The number of nitrogens with one attached hydrogen (secondary N) is 1. The van der Waals surface area contributed by atoms with E-state index in [2.05, 4.69) is 5.32 Å². The van der Waals surface area contributed by atoms with Crippen molar-refractivity contribution in [3.63, 3.8) is 0 Å². The number of nitrogens with two attached hydrogens (primary N) is 1. The number of rotatable bonds is 5. The molecule has 0 radical (unpaired) electrons. The normalized spacial score (nSPS) is 12.2. The average molecular weight is 302 g/mol. The fourth-order valence-electron chi connectivity index (χ4n) is 1.74. The van der Waals surface area contributed by atoms with Gasteiger partial charge in [0.05, 0.1) is 0 Å². The number of nitrogen functional groups attached to an aromatic ring is 1. The molecule has 6 heteroatoms. The number of aliphatic carboxylic acids is 1. The fourth-order valence-corrected chi connectivity index (χ4v) is 2.50. The van der Waals surface area contributed by atoms with Crippen LogP contribution in [0.2, 0.25) is 0 Å². The highest BCUT2D eigenvalue weighted by Gasteiger charge is 2.21. The molecule has 4 N–H and O–H groups in total. The molecular weight excluding hydrogens is 288 g/mol. The molecule has 1 aromatic carbocycles. The molecule has 0 bridgehead atoms. The van der Waals surface area contributed by atoms with Crippen LogP contribution in [0.25, 0.3) is 6.08 Å². The van der Waals surface area contributed by atoms with Gasteiger partial charge in [-0.15, -0.1) is 11.3 Å². The molecule has 0 aliphatic heterocycles. The predicted octanol–water partition coefficient (Wildman–Crippen LogP) is 2.29. The zero-order valence-corrected chi connectivity index (χ0v) is 11.8. The van der Waals surface area contributed by atoms with Crippen molar-refractivity contribution < 1.29 is 14.7 Å². The van der Waals surface area contributed by atoms with Crippen molar-refractivity contribution in [2.75, 3.05) is 5.73 Å². The molecule has 0 aliphatic rings. The maximum absolute atomic E-state index is 11.8. The van der Waals surface area contributed by atoms with Crippen LogP contribution in [-0.4, -0.2) is 17.0 Å². The van der Waals surface area contributed by atoms with Gasteiger partial charge in [0.15, 0.2) is 6.04 Å². The largest absolute Gasteiger partial charge is 0.479 e. The van der Waals surface area contributed by atoms with E-state index in [1.54, 1.807) is 47.9 Å². The molecule has 108 valence electrons. The molecule has 5 nitrogen and oxygen atoms in total. The summed E-state index contributed by atoms with van der Waals surface area (Å²) in [6, 6.07) is 9.41. The topological polar surface area (TPSA) is 92.4 Å². The number of amides is 1. The smallest absolute Gasteiger partial charge is 0.331 e. The highest BCUT2D eigenvalue weighted by molar-refractivity contribution is 7.10. The minimum absolute atomic E-state index is 0.474. The second-order valence-electron chi connectivity index (χ2n) is 4.30. The number of carbonyl (C=O) groups excluding carboxylic acids is 1. The zero-order chi connectivity index (χ0) is 15.2. The third kappa shape index (κ3) is 4.19. The van der Waals surface area contributed by atoms with Crippen LogP contribution in [0, 0.1) is 0 Å². The molecule has 0 aliphatic carbocycles. The second kappa shape index (κ2) is 6.71. The third-order valence-corrected chi connectivity index (χ3v) is 3.64. The highest BCUT2D eigenvalue weighted by Crippen LogP contribution is 2.19. The number of hydrogen-bond donors (Lipinski definition) is 3. The molecule has 0 saturated heterocycles. The Morgan fingerprint density at radius 1 is 1.29 bits per heavy atom.